The summed E-state index contributed by atoms with van der Waals surface area (Å²) in [5.41, 5.74) is 4.17. The summed E-state index contributed by atoms with van der Waals surface area (Å²) in [6.45, 7) is 4.92. The van der Waals surface area contributed by atoms with Crippen molar-refractivity contribution in [2.24, 2.45) is 34.5 Å². The molecular weight excluding hydrogens is 375 g/mol. The highest BCUT2D eigenvalue weighted by Gasteiger charge is 2.60. The van der Waals surface area contributed by atoms with Gasteiger partial charge in [0.1, 0.15) is 5.82 Å². The maximum absolute atomic E-state index is 13.4. The van der Waals surface area contributed by atoms with E-state index < -0.39 is 0 Å². The van der Waals surface area contributed by atoms with Crippen LogP contribution in [0.15, 0.2) is 30.5 Å². The van der Waals surface area contributed by atoms with Crippen LogP contribution in [0.25, 0.3) is 5.69 Å². The number of hydrogen-bond donors (Lipinski definition) is 1. The van der Waals surface area contributed by atoms with Gasteiger partial charge in [-0.3, -0.25) is 0 Å². The van der Waals surface area contributed by atoms with Crippen molar-refractivity contribution < 1.29 is 9.50 Å². The first-order valence-electron chi connectivity index (χ1n) is 11.9. The number of hydrogen-bond acceptors (Lipinski definition) is 2. The second kappa shape index (κ2) is 6.41. The van der Waals surface area contributed by atoms with Gasteiger partial charge >= 0.3 is 0 Å². The normalized spacial score (nSPS) is 42.2. The fourth-order valence-electron chi connectivity index (χ4n) is 8.34. The Labute approximate surface area is 178 Å². The summed E-state index contributed by atoms with van der Waals surface area (Å²) in [7, 11) is 0. The van der Waals surface area contributed by atoms with Crippen molar-refractivity contribution in [3.05, 3.63) is 47.5 Å². The standard InChI is InChI=1S/C26H33FN2O/c1-25-12-11-22-20(21(25)9-10-24(25)30)8-3-17-13-23-16(14-26(17,22)2)15-28-29(23)19-6-4-18(27)5-7-19/h4-7,15,17,20-22,24,30H,3,8-14H2,1-2H3/t17-,20-,21-,22-,24-,25-,26-/m0/s1. The quantitative estimate of drug-likeness (QED) is 0.693. The number of rotatable bonds is 1. The molecule has 4 aliphatic rings. The lowest BCUT2D eigenvalue weighted by molar-refractivity contribution is -0.111. The molecular formula is C26H33FN2O. The Kier molecular flexibility index (Phi) is 4.07. The molecule has 4 aliphatic carbocycles. The Hall–Kier alpha value is -1.68. The highest BCUT2D eigenvalue weighted by atomic mass is 19.1. The zero-order valence-corrected chi connectivity index (χ0v) is 18.1. The molecule has 1 aromatic carbocycles. The molecule has 1 N–H and O–H groups in total. The average molecular weight is 409 g/mol. The van der Waals surface area contributed by atoms with Crippen molar-refractivity contribution in [2.45, 2.75) is 71.3 Å². The molecule has 3 saturated carbocycles. The van der Waals surface area contributed by atoms with Crippen LogP contribution in [-0.4, -0.2) is 21.0 Å². The van der Waals surface area contributed by atoms with Gasteiger partial charge in [-0.1, -0.05) is 13.8 Å². The fourth-order valence-corrected chi connectivity index (χ4v) is 8.34. The predicted octanol–water partition coefficient (Wildman–Crippen LogP) is 5.33. The van der Waals surface area contributed by atoms with Crippen LogP contribution >= 0.6 is 0 Å². The van der Waals surface area contributed by atoms with E-state index in [0.717, 1.165) is 36.8 Å². The Morgan fingerprint density at radius 3 is 2.57 bits per heavy atom. The highest BCUT2D eigenvalue weighted by molar-refractivity contribution is 5.37. The summed E-state index contributed by atoms with van der Waals surface area (Å²) in [5, 5.41) is 15.4. The van der Waals surface area contributed by atoms with Crippen LogP contribution in [0.3, 0.4) is 0 Å². The summed E-state index contributed by atoms with van der Waals surface area (Å²) in [4.78, 5) is 0. The zero-order chi connectivity index (χ0) is 20.7. The second-order valence-electron chi connectivity index (χ2n) is 11.2. The van der Waals surface area contributed by atoms with Gasteiger partial charge in [-0.05, 0) is 116 Å². The molecule has 0 aliphatic heterocycles. The maximum Gasteiger partial charge on any atom is 0.123 e. The van der Waals surface area contributed by atoms with Gasteiger partial charge in [-0.15, -0.1) is 0 Å². The van der Waals surface area contributed by atoms with E-state index in [0.29, 0.717) is 17.3 Å². The van der Waals surface area contributed by atoms with E-state index in [4.69, 9.17) is 5.10 Å². The fraction of sp³-hybridized carbons (Fsp3) is 0.654. The van der Waals surface area contributed by atoms with Crippen LogP contribution in [0.5, 0.6) is 0 Å². The molecule has 160 valence electrons. The molecule has 6 rings (SSSR count). The Balaban J connectivity index is 1.33. The van der Waals surface area contributed by atoms with Gasteiger partial charge in [-0.2, -0.15) is 5.10 Å². The van der Waals surface area contributed by atoms with Gasteiger partial charge in [0.05, 0.1) is 18.0 Å². The first kappa shape index (κ1) is 19.0. The molecule has 30 heavy (non-hydrogen) atoms. The molecule has 2 aromatic rings. The van der Waals surface area contributed by atoms with Gasteiger partial charge in [-0.25, -0.2) is 9.07 Å². The molecule has 0 bridgehead atoms. The molecule has 0 unspecified atom stereocenters. The van der Waals surface area contributed by atoms with Crippen LogP contribution in [0.1, 0.15) is 63.6 Å². The number of aromatic nitrogens is 2. The summed E-state index contributed by atoms with van der Waals surface area (Å²) >= 11 is 0. The van der Waals surface area contributed by atoms with Crippen LogP contribution in [0.2, 0.25) is 0 Å². The van der Waals surface area contributed by atoms with E-state index in [1.165, 1.54) is 55.5 Å². The summed E-state index contributed by atoms with van der Waals surface area (Å²) in [5.74, 6) is 2.73. The van der Waals surface area contributed by atoms with Crippen LogP contribution < -0.4 is 0 Å². The Bertz CT molecular complexity index is 968. The number of halogens is 1. The molecule has 4 heteroatoms. The van der Waals surface area contributed by atoms with Crippen molar-refractivity contribution in [1.29, 1.82) is 0 Å². The molecule has 0 saturated heterocycles. The SMILES string of the molecule is C[C@]12Cc3cnn(-c4ccc(F)cc4)c3C[C@@H]1CC[C@@H]1[C@@H]2CC[C@]2(C)[C@@H](O)CC[C@@H]12. The number of nitrogens with zero attached hydrogens (tertiary/aromatic N) is 2. The van der Waals surface area contributed by atoms with Gasteiger partial charge in [0.15, 0.2) is 0 Å². The summed E-state index contributed by atoms with van der Waals surface area (Å²) in [6, 6.07) is 6.72. The van der Waals surface area contributed by atoms with Gasteiger partial charge in [0.25, 0.3) is 0 Å². The number of fused-ring (bicyclic) bond motifs is 6. The van der Waals surface area contributed by atoms with Crippen molar-refractivity contribution >= 4 is 0 Å². The second-order valence-corrected chi connectivity index (χ2v) is 11.2. The molecule has 3 nitrogen and oxygen atoms in total. The highest BCUT2D eigenvalue weighted by Crippen LogP contribution is 2.65. The topological polar surface area (TPSA) is 38.0 Å². The summed E-state index contributed by atoms with van der Waals surface area (Å²) in [6.07, 6.45) is 11.4. The minimum atomic E-state index is -0.202. The third-order valence-electron chi connectivity index (χ3n) is 10.1. The lowest BCUT2D eigenvalue weighted by Gasteiger charge is -2.60. The zero-order valence-electron chi connectivity index (χ0n) is 18.1. The van der Waals surface area contributed by atoms with E-state index in [1.54, 1.807) is 0 Å². The van der Waals surface area contributed by atoms with E-state index >= 15 is 0 Å². The molecule has 0 amide bonds. The lowest BCUT2D eigenvalue weighted by Crippen LogP contribution is -2.54. The first-order chi connectivity index (χ1) is 14.4. The van der Waals surface area contributed by atoms with E-state index in [-0.39, 0.29) is 17.3 Å². The molecule has 1 aromatic heterocycles. The number of aliphatic hydroxyl groups excluding tert-OH is 1. The number of aliphatic hydroxyl groups is 1. The van der Waals surface area contributed by atoms with Crippen LogP contribution in [0, 0.1) is 40.3 Å². The molecule has 0 spiro atoms. The Morgan fingerprint density at radius 1 is 1.00 bits per heavy atom. The van der Waals surface area contributed by atoms with E-state index in [2.05, 4.69) is 20.0 Å². The monoisotopic (exact) mass is 408 g/mol. The number of benzene rings is 1. The van der Waals surface area contributed by atoms with E-state index in [9.17, 15) is 9.50 Å². The van der Waals surface area contributed by atoms with Gasteiger partial charge < -0.3 is 5.11 Å². The smallest absolute Gasteiger partial charge is 0.123 e. The van der Waals surface area contributed by atoms with E-state index in [1.807, 2.05) is 16.8 Å². The molecule has 3 fully saturated rings. The maximum atomic E-state index is 13.4. The lowest BCUT2D eigenvalue weighted by atomic mass is 9.45. The molecule has 0 radical (unpaired) electrons. The Morgan fingerprint density at radius 2 is 1.77 bits per heavy atom. The van der Waals surface area contributed by atoms with Crippen molar-refractivity contribution in [3.8, 4) is 5.69 Å². The van der Waals surface area contributed by atoms with Crippen molar-refractivity contribution in [1.82, 2.24) is 9.78 Å². The summed E-state index contributed by atoms with van der Waals surface area (Å²) < 4.78 is 15.4. The van der Waals surface area contributed by atoms with Crippen molar-refractivity contribution in [3.63, 3.8) is 0 Å². The van der Waals surface area contributed by atoms with Gasteiger partial charge in [0, 0.05) is 5.69 Å². The minimum absolute atomic E-state index is 0.0964. The molecule has 7 atom stereocenters. The largest absolute Gasteiger partial charge is 0.393 e. The molecule has 1 heterocycles. The van der Waals surface area contributed by atoms with Crippen LogP contribution in [-0.2, 0) is 12.8 Å². The predicted molar refractivity (Wildman–Crippen MR) is 115 cm³/mol. The van der Waals surface area contributed by atoms with Crippen LogP contribution in [0.4, 0.5) is 4.39 Å². The van der Waals surface area contributed by atoms with Gasteiger partial charge in [0.2, 0.25) is 0 Å². The third kappa shape index (κ3) is 2.49. The minimum Gasteiger partial charge on any atom is -0.393 e. The van der Waals surface area contributed by atoms with Crippen molar-refractivity contribution in [2.75, 3.05) is 0 Å². The third-order valence-corrected chi connectivity index (χ3v) is 10.1. The first-order valence-corrected chi connectivity index (χ1v) is 11.9. The average Bonchev–Trinajstić information content (AvgIpc) is 3.27.